The van der Waals surface area contributed by atoms with Crippen LogP contribution in [-0.2, 0) is 4.74 Å². The summed E-state index contributed by atoms with van der Waals surface area (Å²) in [5.74, 6) is 0.887. The number of methoxy groups -OCH3 is 1. The van der Waals surface area contributed by atoms with E-state index in [1.165, 1.54) is 5.57 Å². The van der Waals surface area contributed by atoms with Crippen LogP contribution in [0.1, 0.15) is 19.3 Å². The van der Waals surface area contributed by atoms with Crippen LogP contribution in [0.15, 0.2) is 23.5 Å². The molecule has 0 heterocycles. The molecule has 4 heteroatoms. The molecule has 0 N–H and O–H groups in total. The second kappa shape index (κ2) is 3.34. The Morgan fingerprint density at radius 2 is 2.19 bits per heavy atom. The van der Waals surface area contributed by atoms with Crippen LogP contribution in [0, 0.1) is 11.3 Å². The number of hydrogen-bond acceptors (Lipinski definition) is 1. The monoisotopic (exact) mass is 278 g/mol. The molecule has 0 radical (unpaired) electrons. The zero-order chi connectivity index (χ0) is 11.6. The lowest BCUT2D eigenvalue weighted by molar-refractivity contribution is 0.0783. The fourth-order valence-electron chi connectivity index (χ4n) is 3.34. The van der Waals surface area contributed by atoms with Crippen LogP contribution in [-0.4, -0.2) is 16.8 Å². The quantitative estimate of drug-likeness (QED) is 0.658. The van der Waals surface area contributed by atoms with Crippen molar-refractivity contribution in [2.24, 2.45) is 11.3 Å². The van der Waals surface area contributed by atoms with Crippen LogP contribution in [0.4, 0.5) is 0 Å². The standard InChI is InChI=1S/C12H13Cl3O/c1-16-9-5-7-3-2-4-11(7)6-8(10(9)13)12(11,14)15/h3,5,8,10H,2,4,6H2,1H3/t8-,10-,11+/m0/s1. The maximum absolute atomic E-state index is 6.54. The van der Waals surface area contributed by atoms with Gasteiger partial charge in [0.2, 0.25) is 0 Å². The molecule has 88 valence electrons. The minimum Gasteiger partial charge on any atom is -0.500 e. The maximum Gasteiger partial charge on any atom is 0.132 e. The van der Waals surface area contributed by atoms with Crippen LogP contribution in [0.5, 0.6) is 0 Å². The Morgan fingerprint density at radius 1 is 1.44 bits per heavy atom. The van der Waals surface area contributed by atoms with Gasteiger partial charge in [0.15, 0.2) is 0 Å². The molecule has 4 aliphatic carbocycles. The van der Waals surface area contributed by atoms with Gasteiger partial charge < -0.3 is 4.74 Å². The SMILES string of the molecule is COC1=CC2=CCC[C@@]23C[C@@H]([C@@H]1Cl)C3(Cl)Cl. The first kappa shape index (κ1) is 11.3. The van der Waals surface area contributed by atoms with Gasteiger partial charge in [-0.05, 0) is 30.9 Å². The summed E-state index contributed by atoms with van der Waals surface area (Å²) in [6.07, 6.45) is 7.30. The summed E-state index contributed by atoms with van der Waals surface area (Å²) in [4.78, 5) is 0. The highest BCUT2D eigenvalue weighted by molar-refractivity contribution is 6.50. The zero-order valence-electron chi connectivity index (χ0n) is 8.97. The molecule has 1 spiro atoms. The molecule has 0 aromatic carbocycles. The Balaban J connectivity index is 2.12. The number of halogens is 3. The van der Waals surface area contributed by atoms with E-state index in [0.29, 0.717) is 0 Å². The normalized spacial score (nSPS) is 43.8. The van der Waals surface area contributed by atoms with E-state index < -0.39 is 4.33 Å². The minimum atomic E-state index is -0.738. The Hall–Kier alpha value is 0.150. The summed E-state index contributed by atoms with van der Waals surface area (Å²) in [6, 6.07) is 0. The van der Waals surface area contributed by atoms with Gasteiger partial charge in [0, 0.05) is 11.3 Å². The third kappa shape index (κ3) is 1.10. The van der Waals surface area contributed by atoms with Gasteiger partial charge in [0.25, 0.3) is 0 Å². The van der Waals surface area contributed by atoms with Crippen LogP contribution in [0.25, 0.3) is 0 Å². The molecule has 1 saturated carbocycles. The first-order valence-electron chi connectivity index (χ1n) is 5.51. The molecular weight excluding hydrogens is 266 g/mol. The van der Waals surface area contributed by atoms with Crippen molar-refractivity contribution < 1.29 is 4.74 Å². The smallest absolute Gasteiger partial charge is 0.132 e. The van der Waals surface area contributed by atoms with Crippen LogP contribution >= 0.6 is 34.8 Å². The van der Waals surface area contributed by atoms with Gasteiger partial charge in [-0.1, -0.05) is 6.08 Å². The molecule has 1 nitrogen and oxygen atoms in total. The van der Waals surface area contributed by atoms with Crippen molar-refractivity contribution in [1.29, 1.82) is 0 Å². The molecule has 0 aromatic rings. The number of allylic oxidation sites excluding steroid dienone is 4. The summed E-state index contributed by atoms with van der Waals surface area (Å²) in [7, 11) is 1.65. The first-order chi connectivity index (χ1) is 7.53. The van der Waals surface area contributed by atoms with Crippen molar-refractivity contribution in [3.05, 3.63) is 23.5 Å². The highest BCUT2D eigenvalue weighted by Gasteiger charge is 2.69. The highest BCUT2D eigenvalue weighted by atomic mass is 35.5. The minimum absolute atomic E-state index is 0.0752. The molecule has 3 atom stereocenters. The Bertz CT molecular complexity index is 399. The fraction of sp³-hybridized carbons (Fsp3) is 0.667. The lowest BCUT2D eigenvalue weighted by Crippen LogP contribution is -2.58. The van der Waals surface area contributed by atoms with E-state index >= 15 is 0 Å². The van der Waals surface area contributed by atoms with Crippen molar-refractivity contribution in [2.75, 3.05) is 7.11 Å². The zero-order valence-corrected chi connectivity index (χ0v) is 11.2. The van der Waals surface area contributed by atoms with E-state index in [4.69, 9.17) is 39.5 Å². The number of rotatable bonds is 1. The summed E-state index contributed by atoms with van der Waals surface area (Å²) in [6.45, 7) is 0. The van der Waals surface area contributed by atoms with Crippen molar-refractivity contribution in [2.45, 2.75) is 29.0 Å². The largest absolute Gasteiger partial charge is 0.500 e. The van der Waals surface area contributed by atoms with Gasteiger partial charge in [-0.2, -0.15) is 0 Å². The predicted octanol–water partition coefficient (Wildman–Crippen LogP) is 4.04. The topological polar surface area (TPSA) is 9.23 Å². The van der Waals surface area contributed by atoms with Gasteiger partial charge >= 0.3 is 0 Å². The fourth-order valence-corrected chi connectivity index (χ4v) is 4.87. The predicted molar refractivity (Wildman–Crippen MR) is 67.0 cm³/mol. The maximum atomic E-state index is 6.54. The summed E-state index contributed by atoms with van der Waals surface area (Å²) < 4.78 is 4.61. The van der Waals surface area contributed by atoms with Crippen molar-refractivity contribution >= 4 is 34.8 Å². The molecule has 0 amide bonds. The molecular formula is C12H13Cl3O. The van der Waals surface area contributed by atoms with Gasteiger partial charge in [-0.15, -0.1) is 34.8 Å². The molecule has 0 unspecified atom stereocenters. The van der Waals surface area contributed by atoms with E-state index in [-0.39, 0.29) is 16.7 Å². The van der Waals surface area contributed by atoms with Crippen LogP contribution < -0.4 is 0 Å². The molecule has 1 fully saturated rings. The van der Waals surface area contributed by atoms with Crippen molar-refractivity contribution in [1.82, 2.24) is 0 Å². The second-order valence-corrected chi connectivity index (χ2v) is 6.72. The summed E-state index contributed by atoms with van der Waals surface area (Å²) in [5.41, 5.74) is 1.14. The molecule has 4 rings (SSSR count). The third-order valence-corrected chi connectivity index (χ3v) is 6.12. The molecule has 0 aromatic heterocycles. The van der Waals surface area contributed by atoms with Gasteiger partial charge in [0.1, 0.15) is 10.1 Å². The third-order valence-electron chi connectivity index (χ3n) is 4.32. The van der Waals surface area contributed by atoms with Crippen LogP contribution in [0.3, 0.4) is 0 Å². The number of fused-ring (bicyclic) bond motifs is 1. The lowest BCUT2D eigenvalue weighted by atomic mass is 9.58. The van der Waals surface area contributed by atoms with E-state index in [9.17, 15) is 0 Å². The average molecular weight is 280 g/mol. The first-order valence-corrected chi connectivity index (χ1v) is 6.70. The molecule has 0 aliphatic heterocycles. The highest BCUT2D eigenvalue weighted by Crippen LogP contribution is 2.72. The van der Waals surface area contributed by atoms with Crippen molar-refractivity contribution in [3.8, 4) is 0 Å². The Morgan fingerprint density at radius 3 is 2.81 bits per heavy atom. The summed E-state index contributed by atoms with van der Waals surface area (Å²) >= 11 is 19.5. The van der Waals surface area contributed by atoms with Crippen LogP contribution in [0.2, 0.25) is 0 Å². The van der Waals surface area contributed by atoms with Gasteiger partial charge in [0.05, 0.1) is 12.5 Å². The van der Waals surface area contributed by atoms with Gasteiger partial charge in [-0.25, -0.2) is 0 Å². The molecule has 2 bridgehead atoms. The van der Waals surface area contributed by atoms with E-state index in [0.717, 1.165) is 25.0 Å². The lowest BCUT2D eigenvalue weighted by Gasteiger charge is -2.57. The Kier molecular flexibility index (Phi) is 2.35. The molecule has 16 heavy (non-hydrogen) atoms. The average Bonchev–Trinajstić information content (AvgIpc) is 2.61. The molecule has 4 aliphatic rings. The van der Waals surface area contributed by atoms with Crippen molar-refractivity contribution in [3.63, 3.8) is 0 Å². The number of alkyl halides is 3. The second-order valence-electron chi connectivity index (χ2n) is 4.87. The summed E-state index contributed by atoms with van der Waals surface area (Å²) in [5, 5.41) is -0.211. The Labute approximate surface area is 110 Å². The van der Waals surface area contributed by atoms with Gasteiger partial charge in [-0.3, -0.25) is 0 Å². The van der Waals surface area contributed by atoms with E-state index in [2.05, 4.69) is 6.08 Å². The van der Waals surface area contributed by atoms with E-state index in [1.54, 1.807) is 7.11 Å². The number of hydrogen-bond donors (Lipinski definition) is 0. The molecule has 0 saturated heterocycles. The van der Waals surface area contributed by atoms with E-state index in [1.807, 2.05) is 6.08 Å². The number of ether oxygens (including phenoxy) is 1.